The molecule has 0 saturated heterocycles. The molecule has 0 saturated carbocycles. The second-order valence-electron chi connectivity index (χ2n) is 4.92. The minimum absolute atomic E-state index is 0.710. The van der Waals surface area contributed by atoms with Gasteiger partial charge in [0.1, 0.15) is 11.3 Å². The highest BCUT2D eigenvalue weighted by Crippen LogP contribution is 2.33. The normalized spacial score (nSPS) is 10.7. The molecule has 0 atom stereocenters. The predicted molar refractivity (Wildman–Crippen MR) is 82.1 cm³/mol. The number of nitrogens with two attached hydrogens (primary N) is 1. The third kappa shape index (κ3) is 2.18. The number of hydrogen-bond acceptors (Lipinski definition) is 3. The zero-order valence-corrected chi connectivity index (χ0v) is 11.6. The van der Waals surface area contributed by atoms with Crippen LogP contribution >= 0.6 is 0 Å². The Bertz CT molecular complexity index is 781. The van der Waals surface area contributed by atoms with Crippen molar-refractivity contribution in [3.63, 3.8) is 0 Å². The van der Waals surface area contributed by atoms with Gasteiger partial charge in [0.25, 0.3) is 0 Å². The van der Waals surface area contributed by atoms with Gasteiger partial charge in [0.15, 0.2) is 5.75 Å². The Kier molecular flexibility index (Phi) is 3.03. The standard InChI is InChI=1S/C17H16N2O/c1-11-5-6-12(2)16(10-11)20-15-8-7-14(18)13-4-3-9-19-17(13)15/h3-10H,18H2,1-2H3. The molecule has 3 aromatic rings. The molecule has 0 amide bonds. The van der Waals surface area contributed by atoms with Crippen LogP contribution in [0.2, 0.25) is 0 Å². The van der Waals surface area contributed by atoms with Crippen molar-refractivity contribution in [1.29, 1.82) is 0 Å². The highest BCUT2D eigenvalue weighted by Gasteiger charge is 2.08. The number of ether oxygens (including phenoxy) is 1. The molecule has 0 bridgehead atoms. The molecule has 0 aliphatic rings. The van der Waals surface area contributed by atoms with Crippen molar-refractivity contribution in [2.45, 2.75) is 13.8 Å². The van der Waals surface area contributed by atoms with Crippen LogP contribution in [0, 0.1) is 13.8 Å². The molecular formula is C17H16N2O. The van der Waals surface area contributed by atoms with Gasteiger partial charge in [-0.3, -0.25) is 4.98 Å². The number of aromatic nitrogens is 1. The number of benzene rings is 2. The smallest absolute Gasteiger partial charge is 0.153 e. The number of anilines is 1. The van der Waals surface area contributed by atoms with Crippen molar-refractivity contribution in [1.82, 2.24) is 4.98 Å². The molecule has 0 fully saturated rings. The Morgan fingerprint density at radius 3 is 2.70 bits per heavy atom. The minimum Gasteiger partial charge on any atom is -0.455 e. The maximum atomic E-state index is 6.04. The average Bonchev–Trinajstić information content (AvgIpc) is 2.46. The molecule has 0 radical (unpaired) electrons. The zero-order chi connectivity index (χ0) is 14.1. The predicted octanol–water partition coefficient (Wildman–Crippen LogP) is 4.23. The topological polar surface area (TPSA) is 48.1 Å². The van der Waals surface area contributed by atoms with Gasteiger partial charge in [-0.25, -0.2) is 0 Å². The summed E-state index contributed by atoms with van der Waals surface area (Å²) in [5.74, 6) is 1.57. The molecule has 3 nitrogen and oxygen atoms in total. The van der Waals surface area contributed by atoms with Gasteiger partial charge in [-0.1, -0.05) is 12.1 Å². The molecule has 1 aromatic heterocycles. The van der Waals surface area contributed by atoms with Crippen LogP contribution in [0.1, 0.15) is 11.1 Å². The van der Waals surface area contributed by atoms with Gasteiger partial charge in [0, 0.05) is 17.3 Å². The summed E-state index contributed by atoms with van der Waals surface area (Å²) in [6.45, 7) is 4.08. The molecule has 0 aliphatic heterocycles. The van der Waals surface area contributed by atoms with Crippen LogP contribution < -0.4 is 10.5 Å². The number of fused-ring (bicyclic) bond motifs is 1. The second kappa shape index (κ2) is 4.85. The SMILES string of the molecule is Cc1ccc(C)c(Oc2ccc(N)c3cccnc23)c1. The number of hydrogen-bond donors (Lipinski definition) is 1. The van der Waals surface area contributed by atoms with Crippen molar-refractivity contribution in [3.05, 3.63) is 59.8 Å². The maximum Gasteiger partial charge on any atom is 0.153 e. The molecule has 2 N–H and O–H groups in total. The van der Waals surface area contributed by atoms with Gasteiger partial charge in [-0.2, -0.15) is 0 Å². The molecule has 20 heavy (non-hydrogen) atoms. The van der Waals surface area contributed by atoms with E-state index in [9.17, 15) is 0 Å². The van der Waals surface area contributed by atoms with E-state index in [4.69, 9.17) is 10.5 Å². The van der Waals surface area contributed by atoms with E-state index >= 15 is 0 Å². The van der Waals surface area contributed by atoms with Crippen LogP contribution in [0.15, 0.2) is 48.7 Å². The van der Waals surface area contributed by atoms with Crippen LogP contribution in [0.25, 0.3) is 10.9 Å². The first-order chi connectivity index (χ1) is 9.65. The van der Waals surface area contributed by atoms with Crippen molar-refractivity contribution in [2.24, 2.45) is 0 Å². The Morgan fingerprint density at radius 1 is 1.00 bits per heavy atom. The minimum atomic E-state index is 0.710. The number of nitrogen functional groups attached to an aromatic ring is 1. The summed E-state index contributed by atoms with van der Waals surface area (Å²) in [5, 5.41) is 0.912. The van der Waals surface area contributed by atoms with Crippen molar-refractivity contribution in [3.8, 4) is 11.5 Å². The van der Waals surface area contributed by atoms with E-state index in [1.807, 2.05) is 44.2 Å². The lowest BCUT2D eigenvalue weighted by atomic mass is 10.1. The van der Waals surface area contributed by atoms with E-state index in [0.717, 1.165) is 28.0 Å². The van der Waals surface area contributed by atoms with Gasteiger partial charge in [-0.05, 0) is 55.3 Å². The van der Waals surface area contributed by atoms with E-state index < -0.39 is 0 Å². The molecule has 0 unspecified atom stereocenters. The van der Waals surface area contributed by atoms with E-state index in [1.54, 1.807) is 6.20 Å². The van der Waals surface area contributed by atoms with Crippen LogP contribution in [-0.4, -0.2) is 4.98 Å². The number of aryl methyl sites for hydroxylation is 2. The van der Waals surface area contributed by atoms with Crippen LogP contribution in [-0.2, 0) is 0 Å². The lowest BCUT2D eigenvalue weighted by Gasteiger charge is -2.12. The lowest BCUT2D eigenvalue weighted by molar-refractivity contribution is 0.483. The van der Waals surface area contributed by atoms with E-state index in [0.29, 0.717) is 5.69 Å². The molecule has 3 heteroatoms. The molecule has 1 heterocycles. The first-order valence-corrected chi connectivity index (χ1v) is 6.53. The van der Waals surface area contributed by atoms with Crippen LogP contribution in [0.3, 0.4) is 0 Å². The summed E-state index contributed by atoms with van der Waals surface area (Å²) >= 11 is 0. The monoisotopic (exact) mass is 264 g/mol. The Labute approximate surface area is 118 Å². The van der Waals surface area contributed by atoms with Gasteiger partial charge in [0.2, 0.25) is 0 Å². The summed E-state index contributed by atoms with van der Waals surface area (Å²) in [4.78, 5) is 4.39. The van der Waals surface area contributed by atoms with Crippen molar-refractivity contribution >= 4 is 16.6 Å². The first-order valence-electron chi connectivity index (χ1n) is 6.53. The maximum absolute atomic E-state index is 6.04. The summed E-state index contributed by atoms with van der Waals surface area (Å²) in [7, 11) is 0. The van der Waals surface area contributed by atoms with Gasteiger partial charge < -0.3 is 10.5 Å². The highest BCUT2D eigenvalue weighted by molar-refractivity contribution is 5.94. The summed E-state index contributed by atoms with van der Waals surface area (Å²) in [6.07, 6.45) is 1.75. The van der Waals surface area contributed by atoms with Crippen molar-refractivity contribution in [2.75, 3.05) is 5.73 Å². The molecular weight excluding hydrogens is 248 g/mol. The summed E-state index contributed by atoms with van der Waals surface area (Å²) in [6, 6.07) is 13.7. The first kappa shape index (κ1) is 12.5. The quantitative estimate of drug-likeness (QED) is 0.705. The van der Waals surface area contributed by atoms with Gasteiger partial charge in [-0.15, -0.1) is 0 Å². The van der Waals surface area contributed by atoms with Crippen molar-refractivity contribution < 1.29 is 4.74 Å². The largest absolute Gasteiger partial charge is 0.455 e. The van der Waals surface area contributed by atoms with Crippen LogP contribution in [0.4, 0.5) is 5.69 Å². The highest BCUT2D eigenvalue weighted by atomic mass is 16.5. The van der Waals surface area contributed by atoms with E-state index in [-0.39, 0.29) is 0 Å². The molecule has 3 rings (SSSR count). The average molecular weight is 264 g/mol. The Morgan fingerprint density at radius 2 is 1.85 bits per heavy atom. The van der Waals surface area contributed by atoms with Crippen LogP contribution in [0.5, 0.6) is 11.5 Å². The molecule has 0 spiro atoms. The fourth-order valence-corrected chi connectivity index (χ4v) is 2.19. The zero-order valence-electron chi connectivity index (χ0n) is 11.6. The van der Waals surface area contributed by atoms with E-state index in [1.165, 1.54) is 5.56 Å². The fourth-order valence-electron chi connectivity index (χ4n) is 2.19. The Hall–Kier alpha value is -2.55. The summed E-state index contributed by atoms with van der Waals surface area (Å²) < 4.78 is 6.04. The van der Waals surface area contributed by atoms with Gasteiger partial charge in [0.05, 0.1) is 0 Å². The Balaban J connectivity index is 2.11. The number of pyridine rings is 1. The number of nitrogens with zero attached hydrogens (tertiary/aromatic N) is 1. The second-order valence-corrected chi connectivity index (χ2v) is 4.92. The summed E-state index contributed by atoms with van der Waals surface area (Å²) in [5.41, 5.74) is 9.73. The lowest BCUT2D eigenvalue weighted by Crippen LogP contribution is -1.93. The molecule has 2 aromatic carbocycles. The fraction of sp³-hybridized carbons (Fsp3) is 0.118. The third-order valence-electron chi connectivity index (χ3n) is 3.33. The van der Waals surface area contributed by atoms with Gasteiger partial charge >= 0.3 is 0 Å². The molecule has 100 valence electrons. The molecule has 0 aliphatic carbocycles. The van der Waals surface area contributed by atoms with E-state index in [2.05, 4.69) is 17.1 Å². The third-order valence-corrected chi connectivity index (χ3v) is 3.33. The number of rotatable bonds is 2.